The normalized spacial score (nSPS) is 14.3. The summed E-state index contributed by atoms with van der Waals surface area (Å²) in [6.07, 6.45) is 6.90. The minimum Gasteiger partial charge on any atom is -0.464 e. The van der Waals surface area contributed by atoms with Crippen LogP contribution in [0.1, 0.15) is 49.2 Å². The summed E-state index contributed by atoms with van der Waals surface area (Å²) in [5.41, 5.74) is 1.04. The van der Waals surface area contributed by atoms with Gasteiger partial charge in [-0.15, -0.1) is 6.58 Å². The van der Waals surface area contributed by atoms with Crippen LogP contribution in [0.3, 0.4) is 0 Å². The monoisotopic (exact) mass is 408 g/mol. The molecular weight excluding hydrogens is 376 g/mol. The molecule has 1 aliphatic carbocycles. The van der Waals surface area contributed by atoms with Gasteiger partial charge in [0.15, 0.2) is 0 Å². The Morgan fingerprint density at radius 2 is 1.77 bits per heavy atom. The van der Waals surface area contributed by atoms with Crippen molar-refractivity contribution < 1.29 is 14.0 Å². The lowest BCUT2D eigenvalue weighted by Gasteiger charge is -2.30. The van der Waals surface area contributed by atoms with Gasteiger partial charge in [0.05, 0.1) is 6.54 Å². The number of carbonyl (C=O) groups excluding carboxylic acids is 2. The molecule has 0 unspecified atom stereocenters. The number of hydrogen-bond donors (Lipinski definition) is 0. The zero-order chi connectivity index (χ0) is 21.3. The van der Waals surface area contributed by atoms with Gasteiger partial charge < -0.3 is 14.2 Å². The maximum absolute atomic E-state index is 13.3. The minimum atomic E-state index is -0.0843. The van der Waals surface area contributed by atoms with Crippen molar-refractivity contribution in [2.75, 3.05) is 13.1 Å². The molecule has 1 saturated carbocycles. The largest absolute Gasteiger partial charge is 0.464 e. The molecule has 1 heterocycles. The maximum atomic E-state index is 13.3. The molecule has 0 spiro atoms. The van der Waals surface area contributed by atoms with Crippen LogP contribution in [-0.4, -0.2) is 34.7 Å². The maximum Gasteiger partial charge on any atom is 0.242 e. The summed E-state index contributed by atoms with van der Waals surface area (Å²) in [4.78, 5) is 29.8. The predicted octanol–water partition coefficient (Wildman–Crippen LogP) is 4.71. The van der Waals surface area contributed by atoms with E-state index in [1.165, 1.54) is 6.42 Å². The van der Waals surface area contributed by atoms with E-state index in [1.807, 2.05) is 49.4 Å². The van der Waals surface area contributed by atoms with Crippen LogP contribution in [0.25, 0.3) is 0 Å². The molecule has 160 valence electrons. The van der Waals surface area contributed by atoms with E-state index in [4.69, 9.17) is 4.42 Å². The van der Waals surface area contributed by atoms with Crippen molar-refractivity contribution in [2.24, 2.45) is 5.92 Å². The Morgan fingerprint density at radius 1 is 1.03 bits per heavy atom. The molecule has 0 bridgehead atoms. The number of carbonyl (C=O) groups is 2. The third-order valence-corrected chi connectivity index (χ3v) is 5.65. The summed E-state index contributed by atoms with van der Waals surface area (Å²) in [5, 5.41) is 0. The van der Waals surface area contributed by atoms with Gasteiger partial charge in [-0.1, -0.05) is 55.7 Å². The summed E-state index contributed by atoms with van der Waals surface area (Å²) < 4.78 is 5.71. The zero-order valence-corrected chi connectivity index (χ0v) is 17.9. The number of rotatable bonds is 9. The topological polar surface area (TPSA) is 53.8 Å². The smallest absolute Gasteiger partial charge is 0.242 e. The van der Waals surface area contributed by atoms with E-state index >= 15 is 0 Å². The van der Waals surface area contributed by atoms with Gasteiger partial charge >= 0.3 is 0 Å². The van der Waals surface area contributed by atoms with Crippen molar-refractivity contribution in [2.45, 2.75) is 52.1 Å². The van der Waals surface area contributed by atoms with Gasteiger partial charge in [0, 0.05) is 19.0 Å². The van der Waals surface area contributed by atoms with E-state index in [1.54, 1.807) is 15.9 Å². The quantitative estimate of drug-likeness (QED) is 0.565. The lowest BCUT2D eigenvalue weighted by atomic mass is 9.88. The molecule has 0 saturated heterocycles. The zero-order valence-electron chi connectivity index (χ0n) is 17.9. The molecular formula is C25H32N2O3. The van der Waals surface area contributed by atoms with E-state index in [9.17, 15) is 9.59 Å². The van der Waals surface area contributed by atoms with Crippen LogP contribution >= 0.6 is 0 Å². The molecule has 0 N–H and O–H groups in total. The Kier molecular flexibility index (Phi) is 7.89. The first-order valence-electron chi connectivity index (χ1n) is 10.8. The van der Waals surface area contributed by atoms with E-state index in [-0.39, 0.29) is 24.3 Å². The number of hydrogen-bond acceptors (Lipinski definition) is 3. The van der Waals surface area contributed by atoms with E-state index in [0.29, 0.717) is 19.6 Å². The van der Waals surface area contributed by atoms with Crippen LogP contribution in [0.15, 0.2) is 59.5 Å². The van der Waals surface area contributed by atoms with E-state index < -0.39 is 0 Å². The van der Waals surface area contributed by atoms with Crippen LogP contribution in [0, 0.1) is 12.8 Å². The lowest BCUT2D eigenvalue weighted by molar-refractivity contribution is -0.143. The first-order chi connectivity index (χ1) is 14.6. The van der Waals surface area contributed by atoms with Crippen molar-refractivity contribution in [3.63, 3.8) is 0 Å². The van der Waals surface area contributed by atoms with E-state index in [2.05, 4.69) is 6.58 Å². The Bertz CT molecular complexity index is 837. The van der Waals surface area contributed by atoms with Crippen LogP contribution in [-0.2, 0) is 22.7 Å². The highest BCUT2D eigenvalue weighted by Gasteiger charge is 2.28. The molecule has 1 aromatic heterocycles. The molecule has 1 fully saturated rings. The first kappa shape index (κ1) is 21.9. The standard InChI is InChI=1S/C25H32N2O3/c1-3-16-26(25(29)22-12-8-5-9-13-22)19-24(28)27(17-21-10-6-4-7-11-21)18-23-15-14-20(2)30-23/h3-4,6-7,10-11,14-15,22H,1,5,8-9,12-13,16-19H2,2H3. The van der Waals surface area contributed by atoms with Crippen molar-refractivity contribution in [3.8, 4) is 0 Å². The molecule has 0 atom stereocenters. The average Bonchev–Trinajstić information content (AvgIpc) is 3.18. The summed E-state index contributed by atoms with van der Waals surface area (Å²) >= 11 is 0. The number of amides is 2. The second-order valence-corrected chi connectivity index (χ2v) is 8.09. The van der Waals surface area contributed by atoms with Crippen molar-refractivity contribution in [1.82, 2.24) is 9.80 Å². The second kappa shape index (κ2) is 10.8. The molecule has 5 nitrogen and oxygen atoms in total. The first-order valence-corrected chi connectivity index (χ1v) is 10.8. The summed E-state index contributed by atoms with van der Waals surface area (Å²) in [7, 11) is 0. The highest BCUT2D eigenvalue weighted by atomic mass is 16.3. The molecule has 0 radical (unpaired) electrons. The van der Waals surface area contributed by atoms with Crippen LogP contribution in [0.2, 0.25) is 0 Å². The van der Waals surface area contributed by atoms with Gasteiger partial charge in [0.1, 0.15) is 18.1 Å². The molecule has 30 heavy (non-hydrogen) atoms. The highest BCUT2D eigenvalue weighted by molar-refractivity contribution is 5.86. The fourth-order valence-electron chi connectivity index (χ4n) is 4.05. The number of aryl methyl sites for hydroxylation is 1. The highest BCUT2D eigenvalue weighted by Crippen LogP contribution is 2.25. The Hall–Kier alpha value is -2.82. The molecule has 5 heteroatoms. The van der Waals surface area contributed by atoms with Gasteiger partial charge in [-0.2, -0.15) is 0 Å². The minimum absolute atomic E-state index is 0.0294. The van der Waals surface area contributed by atoms with Crippen LogP contribution in [0.4, 0.5) is 0 Å². The molecule has 3 rings (SSSR count). The molecule has 1 aliphatic rings. The fraction of sp³-hybridized carbons (Fsp3) is 0.440. The van der Waals surface area contributed by atoms with Crippen molar-refractivity contribution in [3.05, 3.63) is 72.2 Å². The molecule has 2 aromatic rings. The predicted molar refractivity (Wildman–Crippen MR) is 117 cm³/mol. The van der Waals surface area contributed by atoms with Gasteiger partial charge in [0.2, 0.25) is 11.8 Å². The Labute approximate surface area is 179 Å². The average molecular weight is 409 g/mol. The number of furan rings is 1. The van der Waals surface area contributed by atoms with Crippen molar-refractivity contribution >= 4 is 11.8 Å². The second-order valence-electron chi connectivity index (χ2n) is 8.09. The third-order valence-electron chi connectivity index (χ3n) is 5.65. The van der Waals surface area contributed by atoms with Crippen LogP contribution < -0.4 is 0 Å². The Morgan fingerprint density at radius 3 is 2.40 bits per heavy atom. The van der Waals surface area contributed by atoms with Crippen LogP contribution in [0.5, 0.6) is 0 Å². The van der Waals surface area contributed by atoms with Gasteiger partial charge in [-0.25, -0.2) is 0 Å². The van der Waals surface area contributed by atoms with Gasteiger partial charge in [-0.3, -0.25) is 9.59 Å². The van der Waals surface area contributed by atoms with E-state index in [0.717, 1.165) is 42.8 Å². The van der Waals surface area contributed by atoms with Gasteiger partial charge in [0.25, 0.3) is 0 Å². The SMILES string of the molecule is C=CCN(CC(=O)N(Cc1ccccc1)Cc1ccc(C)o1)C(=O)C1CCCCC1. The number of nitrogens with zero attached hydrogens (tertiary/aromatic N) is 2. The number of benzene rings is 1. The molecule has 0 aliphatic heterocycles. The summed E-state index contributed by atoms with van der Waals surface area (Å²) in [6, 6.07) is 13.7. The lowest BCUT2D eigenvalue weighted by Crippen LogP contribution is -2.45. The summed E-state index contributed by atoms with van der Waals surface area (Å²) in [5.74, 6) is 1.58. The molecule has 1 aromatic carbocycles. The fourth-order valence-corrected chi connectivity index (χ4v) is 4.05. The third kappa shape index (κ3) is 6.09. The Balaban J connectivity index is 1.73. The van der Waals surface area contributed by atoms with Gasteiger partial charge in [-0.05, 0) is 37.5 Å². The summed E-state index contributed by atoms with van der Waals surface area (Å²) in [6.45, 7) is 6.97. The van der Waals surface area contributed by atoms with Crippen molar-refractivity contribution in [1.29, 1.82) is 0 Å². The molecule has 2 amide bonds.